The highest BCUT2D eigenvalue weighted by molar-refractivity contribution is 9.10. The van der Waals surface area contributed by atoms with Gasteiger partial charge < -0.3 is 10.4 Å². The molecule has 0 aliphatic heterocycles. The maximum atomic E-state index is 11.6. The van der Waals surface area contributed by atoms with Crippen LogP contribution in [0.25, 0.3) is 0 Å². The van der Waals surface area contributed by atoms with Gasteiger partial charge in [0.2, 0.25) is 0 Å². The summed E-state index contributed by atoms with van der Waals surface area (Å²) in [4.78, 5) is 15.7. The molecule has 5 heteroatoms. The summed E-state index contributed by atoms with van der Waals surface area (Å²) in [5.74, 6) is 0.0761. The number of carbonyl (C=O) groups excluding carboxylic acids is 1. The van der Waals surface area contributed by atoms with Gasteiger partial charge >= 0.3 is 0 Å². The molecule has 1 atom stereocenters. The Hall–Kier alpha value is -0.940. The minimum Gasteiger partial charge on any atom is -0.396 e. The molecule has 1 unspecified atom stereocenters. The second kappa shape index (κ2) is 6.60. The van der Waals surface area contributed by atoms with Crippen LogP contribution in [0.3, 0.4) is 0 Å². The summed E-state index contributed by atoms with van der Waals surface area (Å²) in [6.07, 6.45) is 0.687. The lowest BCUT2D eigenvalue weighted by atomic mass is 10.1. The molecule has 0 aliphatic rings. The lowest BCUT2D eigenvalue weighted by Crippen LogP contribution is -2.29. The number of nitrogens with one attached hydrogen (secondary N) is 1. The Kier molecular flexibility index (Phi) is 5.42. The van der Waals surface area contributed by atoms with Crippen LogP contribution in [0.5, 0.6) is 0 Å². The Bertz CT molecular complexity index is 358. The second-order valence-corrected chi connectivity index (χ2v) is 4.49. The summed E-state index contributed by atoms with van der Waals surface area (Å²) < 4.78 is 0.642. The molecule has 1 amide bonds. The molecular formula is C11H15BrN2O2. The number of halogens is 1. The highest BCUT2D eigenvalue weighted by Gasteiger charge is 2.08. The molecule has 0 aromatic carbocycles. The SMILES string of the molecule is CC(CCO)CNC(=O)c1cccc(Br)n1. The number of nitrogens with zero attached hydrogens (tertiary/aromatic N) is 1. The van der Waals surface area contributed by atoms with E-state index < -0.39 is 0 Å². The molecule has 0 fully saturated rings. The molecule has 0 saturated carbocycles. The molecule has 1 aromatic heterocycles. The summed E-state index contributed by atoms with van der Waals surface area (Å²) in [6, 6.07) is 5.20. The molecule has 16 heavy (non-hydrogen) atoms. The van der Waals surface area contributed by atoms with Gasteiger partial charge in [-0.1, -0.05) is 13.0 Å². The van der Waals surface area contributed by atoms with E-state index in [9.17, 15) is 4.79 Å². The van der Waals surface area contributed by atoms with Crippen LogP contribution in [-0.4, -0.2) is 29.1 Å². The number of hydrogen-bond donors (Lipinski definition) is 2. The van der Waals surface area contributed by atoms with Crippen molar-refractivity contribution in [3.05, 3.63) is 28.5 Å². The van der Waals surface area contributed by atoms with E-state index in [-0.39, 0.29) is 18.4 Å². The topological polar surface area (TPSA) is 62.2 Å². The molecule has 0 radical (unpaired) electrons. The van der Waals surface area contributed by atoms with Crippen molar-refractivity contribution in [3.8, 4) is 0 Å². The van der Waals surface area contributed by atoms with Gasteiger partial charge in [0.25, 0.3) is 5.91 Å². The lowest BCUT2D eigenvalue weighted by Gasteiger charge is -2.10. The highest BCUT2D eigenvalue weighted by Crippen LogP contribution is 2.06. The third kappa shape index (κ3) is 4.28. The van der Waals surface area contributed by atoms with Gasteiger partial charge in [-0.25, -0.2) is 4.98 Å². The number of carbonyl (C=O) groups is 1. The third-order valence-corrected chi connectivity index (χ3v) is 2.62. The van der Waals surface area contributed by atoms with Crippen molar-refractivity contribution in [2.45, 2.75) is 13.3 Å². The number of hydrogen-bond acceptors (Lipinski definition) is 3. The van der Waals surface area contributed by atoms with Crippen molar-refractivity contribution >= 4 is 21.8 Å². The highest BCUT2D eigenvalue weighted by atomic mass is 79.9. The first kappa shape index (κ1) is 13.1. The molecule has 1 aromatic rings. The van der Waals surface area contributed by atoms with E-state index >= 15 is 0 Å². The number of aromatic nitrogens is 1. The molecule has 0 aliphatic carbocycles. The van der Waals surface area contributed by atoms with Crippen molar-refractivity contribution < 1.29 is 9.90 Å². The molecule has 1 rings (SSSR count). The molecule has 88 valence electrons. The minimum atomic E-state index is -0.189. The Morgan fingerprint density at radius 1 is 1.62 bits per heavy atom. The van der Waals surface area contributed by atoms with Crippen molar-refractivity contribution in [2.75, 3.05) is 13.2 Å². The normalized spacial score (nSPS) is 12.2. The zero-order chi connectivity index (χ0) is 12.0. The molecule has 4 nitrogen and oxygen atoms in total. The zero-order valence-electron chi connectivity index (χ0n) is 9.11. The average molecular weight is 287 g/mol. The summed E-state index contributed by atoms with van der Waals surface area (Å²) in [5.41, 5.74) is 0.394. The third-order valence-electron chi connectivity index (χ3n) is 2.18. The van der Waals surface area contributed by atoms with Gasteiger partial charge in [-0.05, 0) is 40.4 Å². The van der Waals surface area contributed by atoms with Gasteiger partial charge in [-0.2, -0.15) is 0 Å². The smallest absolute Gasteiger partial charge is 0.269 e. The molecule has 2 N–H and O–H groups in total. The van der Waals surface area contributed by atoms with Gasteiger partial charge in [-0.15, -0.1) is 0 Å². The molecule has 1 heterocycles. The van der Waals surface area contributed by atoms with Crippen LogP contribution in [0.15, 0.2) is 22.8 Å². The summed E-state index contributed by atoms with van der Waals surface area (Å²) >= 11 is 3.21. The fourth-order valence-corrected chi connectivity index (χ4v) is 1.56. The maximum Gasteiger partial charge on any atom is 0.269 e. The van der Waals surface area contributed by atoms with E-state index in [1.165, 1.54) is 0 Å². The fraction of sp³-hybridized carbons (Fsp3) is 0.455. The monoisotopic (exact) mass is 286 g/mol. The van der Waals surface area contributed by atoms with Gasteiger partial charge in [0, 0.05) is 13.2 Å². The number of amides is 1. The van der Waals surface area contributed by atoms with Crippen LogP contribution in [0.2, 0.25) is 0 Å². The van der Waals surface area contributed by atoms with Crippen LogP contribution in [0.1, 0.15) is 23.8 Å². The standard InChI is InChI=1S/C11H15BrN2O2/c1-8(5-6-15)7-13-11(16)9-3-2-4-10(12)14-9/h2-4,8,15H,5-7H2,1H3,(H,13,16). The minimum absolute atomic E-state index is 0.145. The average Bonchev–Trinajstić information content (AvgIpc) is 2.26. The Morgan fingerprint density at radius 3 is 3.00 bits per heavy atom. The van der Waals surface area contributed by atoms with E-state index in [1.54, 1.807) is 18.2 Å². The lowest BCUT2D eigenvalue weighted by molar-refractivity contribution is 0.0940. The van der Waals surface area contributed by atoms with E-state index in [0.29, 0.717) is 23.3 Å². The van der Waals surface area contributed by atoms with Gasteiger partial charge in [0.15, 0.2) is 0 Å². The molecule has 0 bridgehead atoms. The molecule has 0 spiro atoms. The van der Waals surface area contributed by atoms with Crippen molar-refractivity contribution in [1.82, 2.24) is 10.3 Å². The quantitative estimate of drug-likeness (QED) is 0.808. The van der Waals surface area contributed by atoms with Crippen molar-refractivity contribution in [1.29, 1.82) is 0 Å². The first-order valence-corrected chi connectivity index (χ1v) is 5.94. The van der Waals surface area contributed by atoms with Crippen LogP contribution in [0.4, 0.5) is 0 Å². The fourth-order valence-electron chi connectivity index (χ4n) is 1.21. The van der Waals surface area contributed by atoms with E-state index in [4.69, 9.17) is 5.11 Å². The second-order valence-electron chi connectivity index (χ2n) is 3.67. The van der Waals surface area contributed by atoms with Gasteiger partial charge in [-0.3, -0.25) is 4.79 Å². The van der Waals surface area contributed by atoms with Crippen LogP contribution < -0.4 is 5.32 Å². The van der Waals surface area contributed by atoms with Crippen molar-refractivity contribution in [2.24, 2.45) is 5.92 Å². The predicted octanol–water partition coefficient (Wildman–Crippen LogP) is 1.59. The van der Waals surface area contributed by atoms with Gasteiger partial charge in [0.1, 0.15) is 10.3 Å². The number of rotatable bonds is 5. The Balaban J connectivity index is 2.47. The zero-order valence-corrected chi connectivity index (χ0v) is 10.7. The summed E-state index contributed by atoms with van der Waals surface area (Å²) in [6.45, 7) is 2.67. The van der Waals surface area contributed by atoms with E-state index in [1.807, 2.05) is 6.92 Å². The number of pyridine rings is 1. The number of aliphatic hydroxyl groups excluding tert-OH is 1. The summed E-state index contributed by atoms with van der Waals surface area (Å²) in [7, 11) is 0. The van der Waals surface area contributed by atoms with Crippen molar-refractivity contribution in [3.63, 3.8) is 0 Å². The van der Waals surface area contributed by atoms with E-state index in [2.05, 4.69) is 26.2 Å². The first-order chi connectivity index (χ1) is 7.63. The largest absolute Gasteiger partial charge is 0.396 e. The molecule has 0 saturated heterocycles. The van der Waals surface area contributed by atoms with Crippen LogP contribution in [0, 0.1) is 5.92 Å². The summed E-state index contributed by atoms with van der Waals surface area (Å²) in [5, 5.41) is 11.5. The maximum absolute atomic E-state index is 11.6. The van der Waals surface area contributed by atoms with Crippen LogP contribution in [-0.2, 0) is 0 Å². The Morgan fingerprint density at radius 2 is 2.38 bits per heavy atom. The number of aliphatic hydroxyl groups is 1. The Labute approximate surface area is 103 Å². The van der Waals surface area contributed by atoms with E-state index in [0.717, 1.165) is 0 Å². The predicted molar refractivity (Wildman–Crippen MR) is 65.1 cm³/mol. The van der Waals surface area contributed by atoms with Crippen LogP contribution >= 0.6 is 15.9 Å². The first-order valence-electron chi connectivity index (χ1n) is 5.15. The van der Waals surface area contributed by atoms with Gasteiger partial charge in [0.05, 0.1) is 0 Å². The molecular weight excluding hydrogens is 272 g/mol.